The molecule has 0 spiro atoms. The van der Waals surface area contributed by atoms with Crippen molar-refractivity contribution in [3.05, 3.63) is 107 Å². The fourth-order valence-corrected chi connectivity index (χ4v) is 3.73. The van der Waals surface area contributed by atoms with Crippen molar-refractivity contribution in [3.8, 4) is 5.69 Å². The van der Waals surface area contributed by atoms with Gasteiger partial charge in [-0.1, -0.05) is 48.0 Å². The molecular formula is C27H29N5O. The summed E-state index contributed by atoms with van der Waals surface area (Å²) in [6.07, 6.45) is 7.99. The molecule has 6 nitrogen and oxygen atoms in total. The minimum atomic E-state index is -0.115. The molecule has 2 aromatic carbocycles. The van der Waals surface area contributed by atoms with Crippen molar-refractivity contribution >= 4 is 12.0 Å². The fraction of sp³-hybridized carbons (Fsp3) is 0.222. The van der Waals surface area contributed by atoms with Crippen LogP contribution in [0, 0.1) is 20.8 Å². The van der Waals surface area contributed by atoms with Gasteiger partial charge in [0, 0.05) is 30.1 Å². The minimum absolute atomic E-state index is 0.115. The van der Waals surface area contributed by atoms with E-state index in [1.165, 1.54) is 11.1 Å². The number of nitrogens with one attached hydrogen (secondary N) is 1. The monoisotopic (exact) mass is 439 g/mol. The predicted octanol–water partition coefficient (Wildman–Crippen LogP) is 4.41. The Morgan fingerprint density at radius 1 is 1.00 bits per heavy atom. The summed E-state index contributed by atoms with van der Waals surface area (Å²) in [4.78, 5) is 12.3. The molecule has 6 heteroatoms. The van der Waals surface area contributed by atoms with E-state index in [0.29, 0.717) is 13.1 Å². The maximum atomic E-state index is 12.3. The molecule has 2 heterocycles. The standard InChI is InChI=1S/C27H29N5O/c1-20-9-11-23(12-10-20)18-31-22(3)26(21(2)30-31)13-14-27(33)28-16-15-24-17-29-32(19-24)25-7-5-4-6-8-25/h4-14,17,19H,15-16,18H2,1-3H3,(H,28,33)/b14-13+. The topological polar surface area (TPSA) is 64.7 Å². The molecule has 2 aromatic heterocycles. The Hall–Kier alpha value is -3.93. The van der Waals surface area contributed by atoms with Crippen LogP contribution in [-0.4, -0.2) is 32.0 Å². The number of aromatic nitrogens is 4. The third kappa shape index (κ3) is 5.66. The highest BCUT2D eigenvalue weighted by Crippen LogP contribution is 2.17. The normalized spacial score (nSPS) is 11.2. The van der Waals surface area contributed by atoms with Crippen molar-refractivity contribution in [3.63, 3.8) is 0 Å². The van der Waals surface area contributed by atoms with Crippen LogP contribution in [0.15, 0.2) is 73.1 Å². The molecule has 0 aliphatic heterocycles. The first kappa shape index (κ1) is 22.3. The number of aryl methyl sites for hydroxylation is 2. The molecule has 0 atom stereocenters. The van der Waals surface area contributed by atoms with E-state index in [4.69, 9.17) is 0 Å². The lowest BCUT2D eigenvalue weighted by Crippen LogP contribution is -2.23. The van der Waals surface area contributed by atoms with Gasteiger partial charge in [-0.15, -0.1) is 0 Å². The molecular weight excluding hydrogens is 410 g/mol. The predicted molar refractivity (Wildman–Crippen MR) is 131 cm³/mol. The maximum Gasteiger partial charge on any atom is 0.244 e. The Morgan fingerprint density at radius 2 is 1.76 bits per heavy atom. The van der Waals surface area contributed by atoms with E-state index in [2.05, 4.69) is 46.7 Å². The highest BCUT2D eigenvalue weighted by Gasteiger charge is 2.10. The quantitative estimate of drug-likeness (QED) is 0.414. The van der Waals surface area contributed by atoms with Crippen molar-refractivity contribution in [2.75, 3.05) is 6.54 Å². The number of rotatable bonds is 8. The van der Waals surface area contributed by atoms with Crippen molar-refractivity contribution in [1.82, 2.24) is 24.9 Å². The number of benzene rings is 2. The van der Waals surface area contributed by atoms with Crippen LogP contribution in [-0.2, 0) is 17.8 Å². The largest absolute Gasteiger partial charge is 0.352 e. The smallest absolute Gasteiger partial charge is 0.244 e. The zero-order valence-corrected chi connectivity index (χ0v) is 19.3. The Balaban J connectivity index is 1.31. The molecule has 0 unspecified atom stereocenters. The van der Waals surface area contributed by atoms with Gasteiger partial charge in [0.05, 0.1) is 24.1 Å². The molecule has 0 radical (unpaired) electrons. The molecule has 0 bridgehead atoms. The summed E-state index contributed by atoms with van der Waals surface area (Å²) in [7, 11) is 0. The zero-order chi connectivity index (χ0) is 23.2. The van der Waals surface area contributed by atoms with Crippen LogP contribution >= 0.6 is 0 Å². The zero-order valence-electron chi connectivity index (χ0n) is 19.3. The van der Waals surface area contributed by atoms with Crippen molar-refractivity contribution in [1.29, 1.82) is 0 Å². The summed E-state index contributed by atoms with van der Waals surface area (Å²) >= 11 is 0. The van der Waals surface area contributed by atoms with Gasteiger partial charge in [0.1, 0.15) is 0 Å². The van der Waals surface area contributed by atoms with Crippen LogP contribution in [0.5, 0.6) is 0 Å². The molecule has 1 amide bonds. The lowest BCUT2D eigenvalue weighted by Gasteiger charge is -2.05. The van der Waals surface area contributed by atoms with Gasteiger partial charge in [0.25, 0.3) is 0 Å². The van der Waals surface area contributed by atoms with E-state index < -0.39 is 0 Å². The van der Waals surface area contributed by atoms with Crippen LogP contribution in [0.1, 0.15) is 33.6 Å². The number of para-hydroxylation sites is 1. The summed E-state index contributed by atoms with van der Waals surface area (Å²) < 4.78 is 3.83. The molecule has 1 N–H and O–H groups in total. The number of nitrogens with zero attached hydrogens (tertiary/aromatic N) is 4. The van der Waals surface area contributed by atoms with Gasteiger partial charge < -0.3 is 5.32 Å². The summed E-state index contributed by atoms with van der Waals surface area (Å²) in [6, 6.07) is 18.4. The SMILES string of the molecule is Cc1ccc(Cn2nc(C)c(/C=C/C(=O)NCCc3cnn(-c4ccccc4)c3)c2C)cc1. The molecule has 4 aromatic rings. The molecule has 0 aliphatic rings. The van der Waals surface area contributed by atoms with Gasteiger partial charge in [-0.3, -0.25) is 9.48 Å². The second-order valence-electron chi connectivity index (χ2n) is 8.23. The third-order valence-corrected chi connectivity index (χ3v) is 5.66. The first-order chi connectivity index (χ1) is 16.0. The minimum Gasteiger partial charge on any atom is -0.352 e. The number of amides is 1. The van der Waals surface area contributed by atoms with Crippen molar-refractivity contribution < 1.29 is 4.79 Å². The first-order valence-corrected chi connectivity index (χ1v) is 11.1. The van der Waals surface area contributed by atoms with Crippen LogP contribution in [0.4, 0.5) is 0 Å². The van der Waals surface area contributed by atoms with Gasteiger partial charge in [-0.05, 0) is 56.5 Å². The molecule has 168 valence electrons. The second kappa shape index (κ2) is 10.1. The van der Waals surface area contributed by atoms with Crippen molar-refractivity contribution in [2.45, 2.75) is 33.7 Å². The van der Waals surface area contributed by atoms with E-state index in [9.17, 15) is 4.79 Å². The van der Waals surface area contributed by atoms with Gasteiger partial charge >= 0.3 is 0 Å². The van der Waals surface area contributed by atoms with E-state index in [-0.39, 0.29) is 5.91 Å². The Morgan fingerprint density at radius 3 is 2.52 bits per heavy atom. The van der Waals surface area contributed by atoms with E-state index >= 15 is 0 Å². The van der Waals surface area contributed by atoms with E-state index in [0.717, 1.165) is 34.6 Å². The number of hydrogen-bond donors (Lipinski definition) is 1. The van der Waals surface area contributed by atoms with Crippen LogP contribution in [0.3, 0.4) is 0 Å². The number of carbonyl (C=O) groups is 1. The lowest BCUT2D eigenvalue weighted by molar-refractivity contribution is -0.116. The molecule has 0 fully saturated rings. The Bertz CT molecular complexity index is 1250. The summed E-state index contributed by atoms with van der Waals surface area (Å²) in [5, 5.41) is 12.0. The Kier molecular flexibility index (Phi) is 6.83. The van der Waals surface area contributed by atoms with Crippen LogP contribution < -0.4 is 5.32 Å². The average molecular weight is 440 g/mol. The van der Waals surface area contributed by atoms with Gasteiger partial charge in [0.15, 0.2) is 0 Å². The molecule has 0 aliphatic carbocycles. The molecule has 4 rings (SSSR count). The van der Waals surface area contributed by atoms with Crippen LogP contribution in [0.2, 0.25) is 0 Å². The lowest BCUT2D eigenvalue weighted by atomic mass is 10.1. The first-order valence-electron chi connectivity index (χ1n) is 11.1. The second-order valence-corrected chi connectivity index (χ2v) is 8.23. The van der Waals surface area contributed by atoms with E-state index in [1.807, 2.05) is 72.0 Å². The number of hydrogen-bond acceptors (Lipinski definition) is 3. The Labute approximate surface area is 194 Å². The highest BCUT2D eigenvalue weighted by atomic mass is 16.1. The summed E-state index contributed by atoms with van der Waals surface area (Å²) in [6.45, 7) is 7.35. The summed E-state index contributed by atoms with van der Waals surface area (Å²) in [5.74, 6) is -0.115. The fourth-order valence-electron chi connectivity index (χ4n) is 3.73. The highest BCUT2D eigenvalue weighted by molar-refractivity contribution is 5.92. The van der Waals surface area contributed by atoms with E-state index in [1.54, 1.807) is 6.08 Å². The molecule has 0 saturated heterocycles. The van der Waals surface area contributed by atoms with Crippen LogP contribution in [0.25, 0.3) is 11.8 Å². The number of carbonyl (C=O) groups excluding carboxylic acids is 1. The third-order valence-electron chi connectivity index (χ3n) is 5.66. The van der Waals surface area contributed by atoms with Gasteiger partial charge in [-0.25, -0.2) is 4.68 Å². The summed E-state index contributed by atoms with van der Waals surface area (Å²) in [5.41, 5.74) is 7.49. The average Bonchev–Trinajstić information content (AvgIpc) is 3.39. The molecule has 0 saturated carbocycles. The molecule has 33 heavy (non-hydrogen) atoms. The van der Waals surface area contributed by atoms with Gasteiger partial charge in [0.2, 0.25) is 5.91 Å². The van der Waals surface area contributed by atoms with Crippen molar-refractivity contribution in [2.24, 2.45) is 0 Å². The van der Waals surface area contributed by atoms with Gasteiger partial charge in [-0.2, -0.15) is 10.2 Å². The maximum absolute atomic E-state index is 12.3.